The number of fused-ring (bicyclic) bond motifs is 1. The van der Waals surface area contributed by atoms with Gasteiger partial charge in [0.2, 0.25) is 0 Å². The fourth-order valence-corrected chi connectivity index (χ4v) is 3.24. The van der Waals surface area contributed by atoms with Crippen LogP contribution in [0.2, 0.25) is 0 Å². The third-order valence-corrected chi connectivity index (χ3v) is 4.62. The van der Waals surface area contributed by atoms with Gasteiger partial charge in [-0.15, -0.1) is 0 Å². The number of rotatable bonds is 3. The summed E-state index contributed by atoms with van der Waals surface area (Å²) in [6.45, 7) is 8.31. The summed E-state index contributed by atoms with van der Waals surface area (Å²) in [4.78, 5) is 14.5. The maximum atomic E-state index is 12.7. The summed E-state index contributed by atoms with van der Waals surface area (Å²) in [6.07, 6.45) is 0.907. The number of nitrogens with zero attached hydrogens (tertiary/aromatic N) is 1. The minimum absolute atomic E-state index is 0.0140. The van der Waals surface area contributed by atoms with Crippen molar-refractivity contribution in [3.05, 3.63) is 58.7 Å². The Bertz CT molecular complexity index is 751. The SMILES string of the molecule is Cc1cc(C)c(OCC(=O)N2c3ccccc3CC2C)cc1C. The first kappa shape index (κ1) is 15.6. The molecule has 3 heteroatoms. The topological polar surface area (TPSA) is 29.5 Å². The Balaban J connectivity index is 1.74. The molecule has 1 aliphatic rings. The zero-order valence-corrected chi connectivity index (χ0v) is 14.2. The van der Waals surface area contributed by atoms with Crippen LogP contribution < -0.4 is 9.64 Å². The van der Waals surface area contributed by atoms with Crippen LogP contribution in [0.3, 0.4) is 0 Å². The van der Waals surface area contributed by atoms with Crippen LogP contribution in [-0.4, -0.2) is 18.6 Å². The van der Waals surface area contributed by atoms with E-state index in [1.165, 1.54) is 16.7 Å². The zero-order chi connectivity index (χ0) is 16.6. The van der Waals surface area contributed by atoms with Crippen molar-refractivity contribution in [2.45, 2.75) is 40.2 Å². The molecule has 23 heavy (non-hydrogen) atoms. The summed E-state index contributed by atoms with van der Waals surface area (Å²) in [6, 6.07) is 12.4. The number of benzene rings is 2. The van der Waals surface area contributed by atoms with E-state index < -0.39 is 0 Å². The van der Waals surface area contributed by atoms with E-state index >= 15 is 0 Å². The predicted octanol–water partition coefficient (Wildman–Crippen LogP) is 3.97. The maximum Gasteiger partial charge on any atom is 0.265 e. The van der Waals surface area contributed by atoms with Gasteiger partial charge in [0.05, 0.1) is 0 Å². The van der Waals surface area contributed by atoms with Gasteiger partial charge in [-0.3, -0.25) is 4.79 Å². The molecule has 3 nitrogen and oxygen atoms in total. The number of para-hydroxylation sites is 1. The highest BCUT2D eigenvalue weighted by atomic mass is 16.5. The monoisotopic (exact) mass is 309 g/mol. The number of amides is 1. The molecule has 0 fully saturated rings. The molecule has 2 aromatic rings. The second kappa shape index (κ2) is 6.07. The molecule has 0 radical (unpaired) electrons. The van der Waals surface area contributed by atoms with Crippen LogP contribution >= 0.6 is 0 Å². The number of carbonyl (C=O) groups is 1. The van der Waals surface area contributed by atoms with E-state index in [1.807, 2.05) is 36.1 Å². The van der Waals surface area contributed by atoms with Gasteiger partial charge in [-0.2, -0.15) is 0 Å². The molecule has 0 aliphatic carbocycles. The Hall–Kier alpha value is -2.29. The third-order valence-electron chi connectivity index (χ3n) is 4.62. The molecular weight excluding hydrogens is 286 g/mol. The zero-order valence-electron chi connectivity index (χ0n) is 14.2. The number of hydrogen-bond acceptors (Lipinski definition) is 2. The van der Waals surface area contributed by atoms with E-state index in [0.717, 1.165) is 23.4 Å². The molecule has 1 aliphatic heterocycles. The fraction of sp³-hybridized carbons (Fsp3) is 0.350. The van der Waals surface area contributed by atoms with E-state index in [2.05, 4.69) is 32.9 Å². The Morgan fingerprint density at radius 3 is 2.61 bits per heavy atom. The lowest BCUT2D eigenvalue weighted by atomic mass is 10.1. The third kappa shape index (κ3) is 2.96. The number of aryl methyl sites for hydroxylation is 3. The molecule has 120 valence electrons. The Morgan fingerprint density at radius 1 is 1.13 bits per heavy atom. The van der Waals surface area contributed by atoms with Crippen LogP contribution in [0.25, 0.3) is 0 Å². The Morgan fingerprint density at radius 2 is 1.83 bits per heavy atom. The summed E-state index contributed by atoms with van der Waals surface area (Å²) in [5.41, 5.74) is 5.73. The van der Waals surface area contributed by atoms with E-state index in [-0.39, 0.29) is 18.6 Å². The molecule has 2 aromatic carbocycles. The van der Waals surface area contributed by atoms with Gasteiger partial charge in [-0.25, -0.2) is 0 Å². The molecule has 1 amide bonds. The average molecular weight is 309 g/mol. The molecule has 0 saturated heterocycles. The lowest BCUT2D eigenvalue weighted by Crippen LogP contribution is -2.39. The number of hydrogen-bond donors (Lipinski definition) is 0. The van der Waals surface area contributed by atoms with Crippen molar-refractivity contribution < 1.29 is 9.53 Å². The average Bonchev–Trinajstić information content (AvgIpc) is 2.85. The van der Waals surface area contributed by atoms with Crippen molar-refractivity contribution in [3.63, 3.8) is 0 Å². The summed E-state index contributed by atoms with van der Waals surface area (Å²) in [7, 11) is 0. The van der Waals surface area contributed by atoms with Crippen LogP contribution in [0.15, 0.2) is 36.4 Å². The van der Waals surface area contributed by atoms with Crippen LogP contribution in [0.1, 0.15) is 29.2 Å². The summed E-state index contributed by atoms with van der Waals surface area (Å²) in [5, 5.41) is 0. The number of ether oxygens (including phenoxy) is 1. The number of anilines is 1. The molecule has 0 spiro atoms. The normalized spacial score (nSPS) is 16.3. The minimum Gasteiger partial charge on any atom is -0.483 e. The van der Waals surface area contributed by atoms with Crippen LogP contribution in [-0.2, 0) is 11.2 Å². The van der Waals surface area contributed by atoms with Crippen LogP contribution in [0.4, 0.5) is 5.69 Å². The van der Waals surface area contributed by atoms with Crippen molar-refractivity contribution in [3.8, 4) is 5.75 Å². The summed E-state index contributed by atoms with van der Waals surface area (Å²) in [5.74, 6) is 0.807. The number of carbonyl (C=O) groups excluding carboxylic acids is 1. The summed E-state index contributed by atoms with van der Waals surface area (Å²) >= 11 is 0. The van der Waals surface area contributed by atoms with Gasteiger partial charge in [0.15, 0.2) is 6.61 Å². The van der Waals surface area contributed by atoms with Gasteiger partial charge in [0, 0.05) is 11.7 Å². The van der Waals surface area contributed by atoms with Gasteiger partial charge in [0.25, 0.3) is 5.91 Å². The molecule has 0 bridgehead atoms. The molecule has 0 aromatic heterocycles. The van der Waals surface area contributed by atoms with Crippen molar-refractivity contribution >= 4 is 11.6 Å². The molecule has 0 saturated carbocycles. The highest BCUT2D eigenvalue weighted by Gasteiger charge is 2.30. The van der Waals surface area contributed by atoms with E-state index in [1.54, 1.807) is 0 Å². The molecule has 0 N–H and O–H groups in total. The lowest BCUT2D eigenvalue weighted by Gasteiger charge is -2.23. The molecule has 1 heterocycles. The van der Waals surface area contributed by atoms with Crippen molar-refractivity contribution in [2.24, 2.45) is 0 Å². The molecular formula is C20H23NO2. The fourth-order valence-electron chi connectivity index (χ4n) is 3.24. The lowest BCUT2D eigenvalue weighted by molar-refractivity contribution is -0.120. The maximum absolute atomic E-state index is 12.7. The van der Waals surface area contributed by atoms with Gasteiger partial charge < -0.3 is 9.64 Å². The second-order valence-corrected chi connectivity index (χ2v) is 6.44. The van der Waals surface area contributed by atoms with Gasteiger partial charge in [-0.05, 0) is 68.5 Å². The first-order valence-electron chi connectivity index (χ1n) is 8.08. The standard InChI is InChI=1S/C20H23NO2/c1-13-9-15(3)19(10-14(13)2)23-12-20(22)21-16(4)11-17-7-5-6-8-18(17)21/h5-10,16H,11-12H2,1-4H3. The molecule has 1 atom stereocenters. The molecule has 1 unspecified atom stereocenters. The molecule has 3 rings (SSSR count). The first-order valence-corrected chi connectivity index (χ1v) is 8.08. The van der Waals surface area contributed by atoms with E-state index in [9.17, 15) is 4.79 Å². The van der Waals surface area contributed by atoms with E-state index in [0.29, 0.717) is 0 Å². The van der Waals surface area contributed by atoms with Crippen LogP contribution in [0, 0.1) is 20.8 Å². The van der Waals surface area contributed by atoms with Crippen molar-refractivity contribution in [1.82, 2.24) is 0 Å². The van der Waals surface area contributed by atoms with Gasteiger partial charge in [-0.1, -0.05) is 24.3 Å². The van der Waals surface area contributed by atoms with Crippen molar-refractivity contribution in [1.29, 1.82) is 0 Å². The van der Waals surface area contributed by atoms with Gasteiger partial charge in [0.1, 0.15) is 5.75 Å². The highest BCUT2D eigenvalue weighted by molar-refractivity contribution is 5.97. The highest BCUT2D eigenvalue weighted by Crippen LogP contribution is 2.32. The Labute approximate surface area is 137 Å². The smallest absolute Gasteiger partial charge is 0.265 e. The second-order valence-electron chi connectivity index (χ2n) is 6.44. The van der Waals surface area contributed by atoms with Crippen LogP contribution in [0.5, 0.6) is 5.75 Å². The quantitative estimate of drug-likeness (QED) is 0.858. The predicted molar refractivity (Wildman–Crippen MR) is 93.2 cm³/mol. The Kier molecular flexibility index (Phi) is 4.12. The summed E-state index contributed by atoms with van der Waals surface area (Å²) < 4.78 is 5.82. The van der Waals surface area contributed by atoms with Crippen molar-refractivity contribution in [2.75, 3.05) is 11.5 Å². The largest absolute Gasteiger partial charge is 0.483 e. The minimum atomic E-state index is 0.0140. The first-order chi connectivity index (χ1) is 11.0. The van der Waals surface area contributed by atoms with Gasteiger partial charge >= 0.3 is 0 Å². The van der Waals surface area contributed by atoms with E-state index in [4.69, 9.17) is 4.74 Å².